The topological polar surface area (TPSA) is 340 Å². The molecule has 150 heavy (non-hydrogen) atoms. The molecule has 27 nitrogen and oxygen atoms in total. The van der Waals surface area contributed by atoms with Crippen molar-refractivity contribution >= 4 is 69.4 Å². The number of cyclic esters (lactones) is 1. The third-order valence-corrected chi connectivity index (χ3v) is 29.2. The normalized spacial score (nSPS) is 21.0. The lowest BCUT2D eigenvalue weighted by atomic mass is 9.92. The number of carbonyl (C=O) groups excluding carboxylic acids is 6. The predicted octanol–water partition coefficient (Wildman–Crippen LogP) is 18.5. The van der Waals surface area contributed by atoms with E-state index >= 15 is 0 Å². The quantitative estimate of drug-likeness (QED) is 0.0497. The van der Waals surface area contributed by atoms with E-state index in [1.807, 2.05) is 109 Å². The predicted molar refractivity (Wildman–Crippen MR) is 612 cm³/mol. The molecule has 820 valence electrons. The number of ether oxygens (including phenoxy) is 6. The number of carbonyl (C=O) groups is 6. The number of imide groups is 1. The van der Waals surface area contributed by atoms with Crippen LogP contribution in [0, 0.1) is 0 Å². The zero-order chi connectivity index (χ0) is 105. The Morgan fingerprint density at radius 2 is 0.920 bits per heavy atom. The highest BCUT2D eigenvalue weighted by Crippen LogP contribution is 2.28. The summed E-state index contributed by atoms with van der Waals surface area (Å²) >= 11 is 1.96. The number of ketones is 1. The molecule has 0 aromatic heterocycles. The Labute approximate surface area is 900 Å². The molecule has 2 bridgehead atoms. The highest BCUT2D eigenvalue weighted by molar-refractivity contribution is 7.99. The van der Waals surface area contributed by atoms with Crippen LogP contribution in [0.3, 0.4) is 0 Å². The van der Waals surface area contributed by atoms with Crippen LogP contribution in [0.2, 0.25) is 0 Å². The first-order chi connectivity index (χ1) is 73.8. The van der Waals surface area contributed by atoms with Gasteiger partial charge in [0.15, 0.2) is 0 Å². The number of sulfone groups is 1. The number of allylic oxidation sites excluding steroid dienone is 4. The standard InChI is InChI=1S/C10H12.C9H17N.C9H11N.C9H8O.C8H5NO2.C8H7NO.C8H8O.C6H7N.C6H12O2S.C6H6O.C5H7NO.2C5H11N.C5H8O.C4H9NO.C4H9N.C4H7N.C4H8O.C3H5NO2.C3H7NS/c1-2-6-10-8-4-3-7-9(10)5-1;1-3-7-10-8-4-2-6-9(10)5-1;1-2-4-9-7-10-6-5-8(9)3-1;1-2-6-9-8(4-1)5-3-7-10-9;10-7-5-3-1-2-4-6(5)8(11)9-7;10-8-7-4-2-1-3-6(7)5-9-8;1-2-4-8-7(3-1)5-6-9-8;1-2-4-6-7-5-3-1;7-9(8)5-3-1-2-4-6-9;1-2-6-4-3-5(1)7-6;7-5-3-1-2-4-6-5;2*1-2-4-6-5-3-1;6-5-3-1-2-4-5;1-3-6-4-2-5-1;3*1-2-4-5-3-1;5-3-4-1-2-6-3;1-2-5-3-4-1/h1-2,5-6H,3-4,7-8H2;9H,1-8H2;1-4,10H,5-7H2;1-6H,7H2;1-4H,(H,9,10,11);1-4H,5H2,(H,9,10);1-4H,5-6H2;1-3,5-6H,4H2;1-6H2;1-6H;2,4H,1,3H2,(H,6,7);2*6H,1-5H2;1-4H2;5H,1-4H2;5H,1-4H2;1-2,5H,3-4H2;1-4H2;1-2H2,(H,4,5);4H,1-3H2. The van der Waals surface area contributed by atoms with Gasteiger partial charge < -0.3 is 86.5 Å². The van der Waals surface area contributed by atoms with E-state index < -0.39 is 9.84 Å². The minimum absolute atomic E-state index is 0.0515. The molecule has 20 aliphatic heterocycles. The maximum Gasteiger partial charge on any atom is 0.407 e. The molecule has 28 rings (SSSR count). The van der Waals surface area contributed by atoms with Crippen molar-refractivity contribution in [2.45, 2.75) is 243 Å². The smallest absolute Gasteiger partial charge is 0.407 e. The maximum absolute atomic E-state index is 11.0. The van der Waals surface area contributed by atoms with Crippen LogP contribution in [0.15, 0.2) is 230 Å². The number of benzene rings is 6. The zero-order valence-electron chi connectivity index (χ0n) is 89.3. The number of Topliss-reactive ketones (excluding diaryl/α,β-unsaturated/α-hetero) is 1. The van der Waals surface area contributed by atoms with Crippen LogP contribution in [0.5, 0.6) is 11.5 Å². The van der Waals surface area contributed by atoms with E-state index in [4.69, 9.17) is 23.7 Å². The number of thioether (sulfide) groups is 1. The van der Waals surface area contributed by atoms with E-state index in [9.17, 15) is 37.2 Å². The molecule has 6 aromatic carbocycles. The third kappa shape index (κ3) is 56.3. The van der Waals surface area contributed by atoms with Gasteiger partial charge in [-0.05, 0) is 282 Å². The SMILES string of the molecule is C1=CC2C=CC1O2.C1=CCC=NC=C1.C1=CCNC1.C1=Cc2ccccc2OC1.C1CCN2CCCCC2C1.C1CCNC1.C1CCNCC1.C1CCNCC1.C1CCOC1.C1COCCN1.C1CSCN1.O=C1CCC=CN1.O=C1CCCC1.O=C1NC(=O)c2ccccc21.O=C1NCCO1.O=C1NCc2ccccc21.O=S1(=O)CCCCCC1.c1ccc2c(c1)CCCC2.c1ccc2c(c1)CCNC2.c1ccc2c(c1)CCO2. The summed E-state index contributed by atoms with van der Waals surface area (Å²) in [6.07, 6.45) is 70.9. The lowest BCUT2D eigenvalue weighted by Gasteiger charge is -2.39. The first-order valence-corrected chi connectivity index (χ1v) is 58.8. The fourth-order valence-corrected chi connectivity index (χ4v) is 20.3. The molecule has 22 aliphatic rings. The molecule has 0 spiro atoms. The summed E-state index contributed by atoms with van der Waals surface area (Å²) < 4.78 is 52.0. The molecule has 11 N–H and O–H groups in total. The highest BCUT2D eigenvalue weighted by atomic mass is 32.2. The van der Waals surface area contributed by atoms with E-state index in [1.54, 1.807) is 47.8 Å². The van der Waals surface area contributed by atoms with Crippen molar-refractivity contribution < 1.29 is 65.6 Å². The van der Waals surface area contributed by atoms with Gasteiger partial charge >= 0.3 is 6.09 Å². The monoisotopic (exact) mass is 2100 g/mol. The number of rotatable bonds is 0. The van der Waals surface area contributed by atoms with Crippen LogP contribution in [0.1, 0.15) is 256 Å². The number of morpholine rings is 1. The maximum atomic E-state index is 11.0. The second-order valence-corrected chi connectivity index (χ2v) is 41.9. The highest BCUT2D eigenvalue weighted by Gasteiger charge is 2.27. The van der Waals surface area contributed by atoms with Gasteiger partial charge in [0.2, 0.25) is 5.91 Å². The Morgan fingerprint density at radius 3 is 1.35 bits per heavy atom. The molecule has 0 atom stereocenters. The molecule has 20 heterocycles. The number of para-hydroxylation sites is 2. The first kappa shape index (κ1) is 123. The van der Waals surface area contributed by atoms with Gasteiger partial charge in [0.05, 0.1) is 61.2 Å². The van der Waals surface area contributed by atoms with Crippen LogP contribution in [0.4, 0.5) is 4.79 Å². The third-order valence-electron chi connectivity index (χ3n) is 26.5. The number of aryl methyl sites for hydroxylation is 2. The van der Waals surface area contributed by atoms with Gasteiger partial charge in [0.25, 0.3) is 17.7 Å². The minimum Gasteiger partial charge on any atom is -0.493 e. The number of hydrogen-bond acceptors (Lipinski definition) is 24. The lowest BCUT2D eigenvalue weighted by molar-refractivity contribution is -0.120. The summed E-state index contributed by atoms with van der Waals surface area (Å²) in [7, 11) is -2.62. The summed E-state index contributed by atoms with van der Waals surface area (Å²) in [5, 5.41) is 32.6. The van der Waals surface area contributed by atoms with E-state index in [-0.39, 0.29) is 29.7 Å². The van der Waals surface area contributed by atoms with E-state index in [0.29, 0.717) is 73.3 Å². The van der Waals surface area contributed by atoms with Gasteiger partial charge in [-0.3, -0.25) is 34.3 Å². The number of fused-ring (bicyclic) bond motifs is 9. The Bertz CT molecular complexity index is 4720. The summed E-state index contributed by atoms with van der Waals surface area (Å²) in [5.74, 6) is 5.41. The van der Waals surface area contributed by atoms with Crippen molar-refractivity contribution in [2.75, 3.05) is 168 Å². The summed E-state index contributed by atoms with van der Waals surface area (Å²) in [4.78, 5) is 69.9. The second kappa shape index (κ2) is 80.5. The molecule has 6 aromatic rings. The number of nitrogens with zero attached hydrogens (tertiary/aromatic N) is 2. The summed E-state index contributed by atoms with van der Waals surface area (Å²) in [6, 6.07) is 49.0. The van der Waals surface area contributed by atoms with Gasteiger partial charge in [-0.2, -0.15) is 0 Å². The molecule has 11 fully saturated rings. The van der Waals surface area contributed by atoms with Gasteiger partial charge in [0, 0.05) is 132 Å². The average Bonchev–Trinajstić information content (AvgIpc) is 1.68. The van der Waals surface area contributed by atoms with Crippen LogP contribution >= 0.6 is 11.8 Å². The van der Waals surface area contributed by atoms with Crippen LogP contribution < -0.4 is 68.0 Å². The molecule has 0 radical (unpaired) electrons. The van der Waals surface area contributed by atoms with Crippen molar-refractivity contribution in [3.8, 4) is 11.5 Å². The van der Waals surface area contributed by atoms with E-state index in [1.165, 1.54) is 228 Å². The molecule has 10 saturated heterocycles. The lowest BCUT2D eigenvalue weighted by Crippen LogP contribution is -2.42. The molecule has 0 unspecified atom stereocenters. The molecule has 2 aliphatic carbocycles. The number of aliphatic imine (C=N–C) groups is 1. The Kier molecular flexibility index (Phi) is 66.1. The van der Waals surface area contributed by atoms with Crippen molar-refractivity contribution in [2.24, 2.45) is 4.99 Å². The van der Waals surface area contributed by atoms with Crippen molar-refractivity contribution in [1.82, 2.24) is 63.4 Å². The van der Waals surface area contributed by atoms with Crippen LogP contribution in [0.25, 0.3) is 6.08 Å². The van der Waals surface area contributed by atoms with Crippen LogP contribution in [-0.4, -0.2) is 241 Å². The van der Waals surface area contributed by atoms with Gasteiger partial charge in [-0.15, -0.1) is 11.8 Å². The molecular formula is C121H175N13O14S2. The Morgan fingerprint density at radius 1 is 0.380 bits per heavy atom. The largest absolute Gasteiger partial charge is 0.493 e. The average molecular weight is 2100 g/mol. The van der Waals surface area contributed by atoms with Gasteiger partial charge in [0.1, 0.15) is 40.3 Å². The van der Waals surface area contributed by atoms with Gasteiger partial charge in [-0.25, -0.2) is 13.2 Å². The summed E-state index contributed by atoms with van der Waals surface area (Å²) in [6.45, 7) is 25.1. The number of hydrogen-bond donors (Lipinski definition) is 11. The second-order valence-electron chi connectivity index (χ2n) is 38.5. The number of amides is 5. The number of piperidine rings is 4. The molecule has 29 heteroatoms. The van der Waals surface area contributed by atoms with Crippen molar-refractivity contribution in [3.63, 3.8) is 0 Å². The summed E-state index contributed by atoms with van der Waals surface area (Å²) in [5.41, 5.74) is 11.5. The van der Waals surface area contributed by atoms with E-state index in [0.717, 1.165) is 172 Å². The van der Waals surface area contributed by atoms with Crippen molar-refractivity contribution in [3.05, 3.63) is 280 Å². The minimum atomic E-state index is -2.62. The number of alkyl carbamates (subject to hydrolysis) is 1. The fraction of sp³-hybridized carbons (Fsp3) is 0.529. The fourth-order valence-electron chi connectivity index (χ4n) is 18.1. The Hall–Kier alpha value is -10.4. The van der Waals surface area contributed by atoms with Crippen LogP contribution in [-0.2, 0) is 77.1 Å². The molecular weight excluding hydrogens is 1920 g/mol. The van der Waals surface area contributed by atoms with Gasteiger partial charge in [-0.1, -0.05) is 215 Å². The Balaban J connectivity index is 0.000000176. The van der Waals surface area contributed by atoms with Crippen molar-refractivity contribution in [1.29, 1.82) is 0 Å². The molecule has 1 saturated carbocycles. The zero-order valence-corrected chi connectivity index (χ0v) is 90.9. The number of nitrogens with one attached hydrogen (secondary N) is 11. The van der Waals surface area contributed by atoms with E-state index in [2.05, 4.69) is 176 Å². The first-order valence-electron chi connectivity index (χ1n) is 55.9. The molecule has 5 amide bonds.